The van der Waals surface area contributed by atoms with Gasteiger partial charge in [0.15, 0.2) is 11.7 Å². The number of rotatable bonds is 4. The van der Waals surface area contributed by atoms with Gasteiger partial charge in [-0.3, -0.25) is 4.99 Å². The van der Waals surface area contributed by atoms with Gasteiger partial charge in [0.25, 0.3) is 0 Å². The smallest absolute Gasteiger partial charge is 0.350 e. The Hall–Kier alpha value is -1.88. The molecule has 0 saturated heterocycles. The van der Waals surface area contributed by atoms with Crippen LogP contribution in [0.1, 0.15) is 29.2 Å². The maximum absolute atomic E-state index is 12.6. The first-order chi connectivity index (χ1) is 12.9. The van der Waals surface area contributed by atoms with E-state index in [0.717, 1.165) is 27.7 Å². The van der Waals surface area contributed by atoms with Crippen molar-refractivity contribution in [3.8, 4) is 0 Å². The normalized spacial score (nSPS) is 13.1. The molecule has 0 aliphatic heterocycles. The molecule has 0 saturated carbocycles. The molecule has 2 N–H and O–H groups in total. The van der Waals surface area contributed by atoms with Gasteiger partial charge in [-0.15, -0.1) is 35.3 Å². The molecule has 28 heavy (non-hydrogen) atoms. The summed E-state index contributed by atoms with van der Waals surface area (Å²) in [5.41, 5.74) is 0.224. The molecule has 1 heterocycles. The molecule has 2 aromatic carbocycles. The van der Waals surface area contributed by atoms with Gasteiger partial charge in [-0.05, 0) is 29.3 Å². The number of hydrogen-bond acceptors (Lipinski definition) is 3. The molecule has 1 aromatic heterocycles. The average molecular weight is 520 g/mol. The van der Waals surface area contributed by atoms with Gasteiger partial charge >= 0.3 is 6.18 Å². The highest BCUT2D eigenvalue weighted by atomic mass is 127. The zero-order valence-corrected chi connectivity index (χ0v) is 18.4. The lowest BCUT2D eigenvalue weighted by molar-refractivity contribution is -0.140. The van der Waals surface area contributed by atoms with Crippen molar-refractivity contribution in [3.05, 3.63) is 64.1 Å². The molecule has 3 aromatic rings. The molecule has 4 nitrogen and oxygen atoms in total. The number of halogens is 4. The highest BCUT2D eigenvalue weighted by Crippen LogP contribution is 2.29. The molecule has 0 radical (unpaired) electrons. The van der Waals surface area contributed by atoms with Gasteiger partial charge in [0.2, 0.25) is 0 Å². The Balaban J connectivity index is 0.00000280. The van der Waals surface area contributed by atoms with E-state index in [1.165, 1.54) is 5.39 Å². The minimum Gasteiger partial charge on any atom is -0.350 e. The van der Waals surface area contributed by atoms with Crippen LogP contribution in [0.15, 0.2) is 52.8 Å². The molecule has 0 aliphatic carbocycles. The fourth-order valence-corrected chi connectivity index (χ4v) is 3.38. The molecular weight excluding hydrogens is 500 g/mol. The minimum absolute atomic E-state index is 0. The van der Waals surface area contributed by atoms with E-state index < -0.39 is 11.9 Å². The summed E-state index contributed by atoms with van der Waals surface area (Å²) < 4.78 is 37.9. The highest BCUT2D eigenvalue weighted by Gasteiger charge is 2.33. The minimum atomic E-state index is -4.42. The first-order valence-corrected chi connectivity index (χ1v) is 9.22. The number of fused-ring (bicyclic) bond motifs is 1. The van der Waals surface area contributed by atoms with Gasteiger partial charge in [0, 0.05) is 12.4 Å². The van der Waals surface area contributed by atoms with Gasteiger partial charge in [0.05, 0.1) is 12.6 Å². The van der Waals surface area contributed by atoms with Gasteiger partial charge < -0.3 is 10.6 Å². The fourth-order valence-electron chi connectivity index (χ4n) is 2.64. The fraction of sp³-hybridized carbons (Fsp3) is 0.263. The molecule has 0 aliphatic rings. The second-order valence-corrected chi connectivity index (χ2v) is 6.97. The SMILES string of the molecule is CN=C(NCc1nc(C(F)(F)F)cs1)NC(C)c1ccc2ccccc2c1.I. The number of benzene rings is 2. The Labute approximate surface area is 182 Å². The van der Waals surface area contributed by atoms with E-state index in [2.05, 4.69) is 44.9 Å². The summed E-state index contributed by atoms with van der Waals surface area (Å²) in [5.74, 6) is 0.499. The quantitative estimate of drug-likeness (QED) is 0.277. The van der Waals surface area contributed by atoms with Crippen molar-refractivity contribution in [2.75, 3.05) is 7.05 Å². The number of nitrogens with one attached hydrogen (secondary N) is 2. The monoisotopic (exact) mass is 520 g/mol. The second-order valence-electron chi connectivity index (χ2n) is 6.02. The standard InChI is InChI=1S/C19H19F3N4S.HI/c1-12(14-8-7-13-5-3-4-6-15(13)9-14)25-18(23-2)24-10-17-26-16(11-27-17)19(20,21)22;/h3-9,11-12H,10H2,1-2H3,(H2,23,24,25);1H. The summed E-state index contributed by atoms with van der Waals surface area (Å²) in [6.07, 6.45) is -4.42. The molecule has 150 valence electrons. The maximum Gasteiger partial charge on any atom is 0.434 e. The lowest BCUT2D eigenvalue weighted by atomic mass is 10.0. The topological polar surface area (TPSA) is 49.3 Å². The van der Waals surface area contributed by atoms with Gasteiger partial charge in [-0.2, -0.15) is 13.2 Å². The van der Waals surface area contributed by atoms with Crippen molar-refractivity contribution >= 4 is 52.0 Å². The summed E-state index contributed by atoms with van der Waals surface area (Å²) in [5, 5.41) is 9.94. The molecule has 0 fully saturated rings. The van der Waals surface area contributed by atoms with Crippen LogP contribution in [0.3, 0.4) is 0 Å². The molecule has 1 unspecified atom stereocenters. The number of aliphatic imine (C=N–C) groups is 1. The van der Waals surface area contributed by atoms with Crippen molar-refractivity contribution in [2.24, 2.45) is 4.99 Å². The largest absolute Gasteiger partial charge is 0.434 e. The number of nitrogens with zero attached hydrogens (tertiary/aromatic N) is 2. The lowest BCUT2D eigenvalue weighted by Gasteiger charge is -2.18. The second kappa shape index (κ2) is 9.55. The van der Waals surface area contributed by atoms with E-state index in [0.29, 0.717) is 11.0 Å². The van der Waals surface area contributed by atoms with Crippen LogP contribution in [0.25, 0.3) is 10.8 Å². The van der Waals surface area contributed by atoms with Crippen LogP contribution in [0.4, 0.5) is 13.2 Å². The molecule has 3 rings (SSSR count). The number of aromatic nitrogens is 1. The summed E-state index contributed by atoms with van der Waals surface area (Å²) in [7, 11) is 1.62. The van der Waals surface area contributed by atoms with Crippen molar-refractivity contribution in [1.29, 1.82) is 0 Å². The summed E-state index contributed by atoms with van der Waals surface area (Å²) >= 11 is 0.969. The molecule has 9 heteroatoms. The molecule has 0 spiro atoms. The van der Waals surface area contributed by atoms with Crippen molar-refractivity contribution in [1.82, 2.24) is 15.6 Å². The predicted octanol–water partition coefficient (Wildman–Crippen LogP) is 5.36. The van der Waals surface area contributed by atoms with Crippen molar-refractivity contribution < 1.29 is 13.2 Å². The third kappa shape index (κ3) is 5.57. The number of guanidine groups is 1. The van der Waals surface area contributed by atoms with Crippen LogP contribution >= 0.6 is 35.3 Å². The first kappa shape index (κ1) is 22.4. The third-order valence-corrected chi connectivity index (χ3v) is 4.95. The molecule has 1 atom stereocenters. The van der Waals surface area contributed by atoms with Gasteiger partial charge in [-0.1, -0.05) is 36.4 Å². The number of thiazole rings is 1. The Morgan fingerprint density at radius 1 is 1.18 bits per heavy atom. The van der Waals surface area contributed by atoms with Crippen LogP contribution in [-0.2, 0) is 12.7 Å². The molecule has 0 bridgehead atoms. The van der Waals surface area contributed by atoms with Crippen LogP contribution < -0.4 is 10.6 Å². The van der Waals surface area contributed by atoms with Crippen LogP contribution in [0, 0.1) is 0 Å². The van der Waals surface area contributed by atoms with E-state index in [9.17, 15) is 13.2 Å². The van der Waals surface area contributed by atoms with Crippen molar-refractivity contribution in [3.63, 3.8) is 0 Å². The third-order valence-electron chi connectivity index (χ3n) is 4.10. The molecule has 0 amide bonds. The Bertz CT molecular complexity index is 956. The van der Waals surface area contributed by atoms with Gasteiger partial charge in [0.1, 0.15) is 5.01 Å². The van der Waals surface area contributed by atoms with E-state index >= 15 is 0 Å². The van der Waals surface area contributed by atoms with Crippen LogP contribution in [0.2, 0.25) is 0 Å². The Kier molecular flexibility index (Phi) is 7.64. The lowest BCUT2D eigenvalue weighted by Crippen LogP contribution is -2.38. The highest BCUT2D eigenvalue weighted by molar-refractivity contribution is 14.0. The first-order valence-electron chi connectivity index (χ1n) is 8.34. The summed E-state index contributed by atoms with van der Waals surface area (Å²) in [4.78, 5) is 7.74. The molecular formula is C19H20F3IN4S. The average Bonchev–Trinajstić information content (AvgIpc) is 3.14. The van der Waals surface area contributed by atoms with E-state index in [1.807, 2.05) is 25.1 Å². The zero-order valence-electron chi connectivity index (χ0n) is 15.2. The summed E-state index contributed by atoms with van der Waals surface area (Å²) in [6, 6.07) is 14.3. The van der Waals surface area contributed by atoms with E-state index in [-0.39, 0.29) is 36.6 Å². The van der Waals surface area contributed by atoms with Crippen molar-refractivity contribution in [2.45, 2.75) is 25.7 Å². The van der Waals surface area contributed by atoms with Gasteiger partial charge in [-0.25, -0.2) is 4.98 Å². The van der Waals surface area contributed by atoms with E-state index in [4.69, 9.17) is 0 Å². The zero-order chi connectivity index (χ0) is 19.4. The number of alkyl halides is 3. The van der Waals surface area contributed by atoms with Crippen LogP contribution in [0.5, 0.6) is 0 Å². The summed E-state index contributed by atoms with van der Waals surface area (Å²) in [6.45, 7) is 2.17. The number of hydrogen-bond donors (Lipinski definition) is 2. The van der Waals surface area contributed by atoms with Crippen LogP contribution in [-0.4, -0.2) is 18.0 Å². The maximum atomic E-state index is 12.6. The Morgan fingerprint density at radius 2 is 1.89 bits per heavy atom. The predicted molar refractivity (Wildman–Crippen MR) is 118 cm³/mol. The van der Waals surface area contributed by atoms with E-state index in [1.54, 1.807) is 7.05 Å². The Morgan fingerprint density at radius 3 is 2.54 bits per heavy atom.